The lowest BCUT2D eigenvalue weighted by Crippen LogP contribution is -2.39. The molecular formula is C12H24N2O2. The SMILES string of the molecule is CC(C)NC(=O)CCN(C)CC1CC(O)C1. The Labute approximate surface area is 98.0 Å². The summed E-state index contributed by atoms with van der Waals surface area (Å²) < 4.78 is 0. The highest BCUT2D eigenvalue weighted by Crippen LogP contribution is 2.27. The molecule has 0 heterocycles. The maximum Gasteiger partial charge on any atom is 0.221 e. The number of aliphatic hydroxyl groups excluding tert-OH is 1. The maximum atomic E-state index is 11.4. The predicted molar refractivity (Wildman–Crippen MR) is 64.1 cm³/mol. The van der Waals surface area contributed by atoms with Gasteiger partial charge in [0.15, 0.2) is 0 Å². The van der Waals surface area contributed by atoms with Crippen molar-refractivity contribution in [1.82, 2.24) is 10.2 Å². The molecule has 0 unspecified atom stereocenters. The lowest BCUT2D eigenvalue weighted by molar-refractivity contribution is -0.121. The standard InChI is InChI=1S/C12H24N2O2/c1-9(2)13-12(16)4-5-14(3)8-10-6-11(15)7-10/h9-11,15H,4-8H2,1-3H3,(H,13,16). The molecule has 0 radical (unpaired) electrons. The van der Waals surface area contributed by atoms with Gasteiger partial charge in [0.2, 0.25) is 5.91 Å². The van der Waals surface area contributed by atoms with Gasteiger partial charge in [-0.25, -0.2) is 0 Å². The fourth-order valence-electron chi connectivity index (χ4n) is 2.07. The van der Waals surface area contributed by atoms with Crippen LogP contribution in [0.3, 0.4) is 0 Å². The van der Waals surface area contributed by atoms with Crippen molar-refractivity contribution in [3.05, 3.63) is 0 Å². The molecule has 2 N–H and O–H groups in total. The van der Waals surface area contributed by atoms with Crippen molar-refractivity contribution in [3.63, 3.8) is 0 Å². The molecule has 0 bridgehead atoms. The van der Waals surface area contributed by atoms with Crippen LogP contribution in [0.15, 0.2) is 0 Å². The van der Waals surface area contributed by atoms with Crippen molar-refractivity contribution in [2.24, 2.45) is 5.92 Å². The average molecular weight is 228 g/mol. The summed E-state index contributed by atoms with van der Waals surface area (Å²) in [7, 11) is 2.04. The molecule has 1 amide bonds. The van der Waals surface area contributed by atoms with Gasteiger partial charge in [-0.05, 0) is 39.7 Å². The number of rotatable bonds is 6. The lowest BCUT2D eigenvalue weighted by Gasteiger charge is -2.34. The first-order valence-electron chi connectivity index (χ1n) is 6.13. The zero-order chi connectivity index (χ0) is 12.1. The Morgan fingerprint density at radius 3 is 2.62 bits per heavy atom. The molecule has 16 heavy (non-hydrogen) atoms. The van der Waals surface area contributed by atoms with E-state index in [2.05, 4.69) is 10.2 Å². The Morgan fingerprint density at radius 2 is 2.12 bits per heavy atom. The van der Waals surface area contributed by atoms with Gasteiger partial charge in [0.1, 0.15) is 0 Å². The highest BCUT2D eigenvalue weighted by molar-refractivity contribution is 5.76. The zero-order valence-corrected chi connectivity index (χ0v) is 10.6. The molecule has 0 spiro atoms. The summed E-state index contributed by atoms with van der Waals surface area (Å²) in [6, 6.07) is 0.222. The largest absolute Gasteiger partial charge is 0.393 e. The van der Waals surface area contributed by atoms with Crippen LogP contribution in [0.25, 0.3) is 0 Å². The van der Waals surface area contributed by atoms with Gasteiger partial charge in [0.25, 0.3) is 0 Å². The predicted octanol–water partition coefficient (Wildman–Crippen LogP) is 0.604. The van der Waals surface area contributed by atoms with Crippen molar-refractivity contribution < 1.29 is 9.90 Å². The fourth-order valence-corrected chi connectivity index (χ4v) is 2.07. The van der Waals surface area contributed by atoms with Gasteiger partial charge in [-0.3, -0.25) is 4.79 Å². The third-order valence-electron chi connectivity index (χ3n) is 2.95. The van der Waals surface area contributed by atoms with Gasteiger partial charge >= 0.3 is 0 Å². The number of amides is 1. The molecular weight excluding hydrogens is 204 g/mol. The Balaban J connectivity index is 2.05. The van der Waals surface area contributed by atoms with Gasteiger partial charge in [0.05, 0.1) is 6.10 Å². The molecule has 4 heteroatoms. The minimum absolute atomic E-state index is 0.0809. The molecule has 1 aliphatic rings. The van der Waals surface area contributed by atoms with E-state index in [1.807, 2.05) is 20.9 Å². The van der Waals surface area contributed by atoms with Crippen molar-refractivity contribution in [1.29, 1.82) is 0 Å². The van der Waals surface area contributed by atoms with E-state index in [-0.39, 0.29) is 18.1 Å². The van der Waals surface area contributed by atoms with Crippen molar-refractivity contribution in [3.8, 4) is 0 Å². The molecule has 1 fully saturated rings. The van der Waals surface area contributed by atoms with E-state index < -0.39 is 0 Å². The van der Waals surface area contributed by atoms with Gasteiger partial charge in [-0.2, -0.15) is 0 Å². The summed E-state index contributed by atoms with van der Waals surface area (Å²) in [6.45, 7) is 5.73. The quantitative estimate of drug-likeness (QED) is 0.700. The van der Waals surface area contributed by atoms with Crippen molar-refractivity contribution in [2.75, 3.05) is 20.1 Å². The number of aliphatic hydroxyl groups is 1. The van der Waals surface area contributed by atoms with Crippen LogP contribution in [0.5, 0.6) is 0 Å². The van der Waals surface area contributed by atoms with E-state index in [1.54, 1.807) is 0 Å². The fraction of sp³-hybridized carbons (Fsp3) is 0.917. The highest BCUT2D eigenvalue weighted by Gasteiger charge is 2.27. The molecule has 0 atom stereocenters. The van der Waals surface area contributed by atoms with Gasteiger partial charge in [-0.1, -0.05) is 0 Å². The summed E-state index contributed by atoms with van der Waals surface area (Å²) in [4.78, 5) is 13.6. The molecule has 1 rings (SSSR count). The van der Waals surface area contributed by atoms with Crippen LogP contribution in [0, 0.1) is 5.92 Å². The first kappa shape index (κ1) is 13.5. The smallest absolute Gasteiger partial charge is 0.221 e. The average Bonchev–Trinajstić information content (AvgIpc) is 2.11. The molecule has 4 nitrogen and oxygen atoms in total. The van der Waals surface area contributed by atoms with Crippen molar-refractivity contribution >= 4 is 5.91 Å². The van der Waals surface area contributed by atoms with E-state index in [0.717, 1.165) is 25.9 Å². The Kier molecular flexibility index (Phi) is 5.22. The Hall–Kier alpha value is -0.610. The number of hydrogen-bond acceptors (Lipinski definition) is 3. The van der Waals surface area contributed by atoms with Gasteiger partial charge in [0, 0.05) is 25.6 Å². The van der Waals surface area contributed by atoms with Crippen LogP contribution in [0.2, 0.25) is 0 Å². The maximum absolute atomic E-state index is 11.4. The third-order valence-corrected chi connectivity index (χ3v) is 2.95. The molecule has 0 saturated heterocycles. The normalized spacial score (nSPS) is 24.6. The van der Waals surface area contributed by atoms with E-state index in [0.29, 0.717) is 12.3 Å². The first-order valence-corrected chi connectivity index (χ1v) is 6.13. The topological polar surface area (TPSA) is 52.6 Å². The number of hydrogen-bond donors (Lipinski definition) is 2. The first-order chi connectivity index (χ1) is 7.47. The van der Waals surface area contributed by atoms with Crippen LogP contribution in [0.1, 0.15) is 33.1 Å². The van der Waals surface area contributed by atoms with Crippen LogP contribution in [-0.4, -0.2) is 48.2 Å². The number of carbonyl (C=O) groups is 1. The highest BCUT2D eigenvalue weighted by atomic mass is 16.3. The van der Waals surface area contributed by atoms with E-state index >= 15 is 0 Å². The van der Waals surface area contributed by atoms with E-state index in [9.17, 15) is 4.79 Å². The zero-order valence-electron chi connectivity index (χ0n) is 10.6. The number of nitrogens with one attached hydrogen (secondary N) is 1. The van der Waals surface area contributed by atoms with E-state index in [4.69, 9.17) is 5.11 Å². The van der Waals surface area contributed by atoms with E-state index in [1.165, 1.54) is 0 Å². The molecule has 0 aromatic carbocycles. The Bertz CT molecular complexity index is 225. The third kappa shape index (κ3) is 4.94. The lowest BCUT2D eigenvalue weighted by atomic mass is 9.82. The second-order valence-electron chi connectivity index (χ2n) is 5.23. The minimum Gasteiger partial charge on any atom is -0.393 e. The molecule has 1 saturated carbocycles. The molecule has 94 valence electrons. The summed E-state index contributed by atoms with van der Waals surface area (Å²) in [5, 5.41) is 12.0. The second-order valence-corrected chi connectivity index (χ2v) is 5.23. The van der Waals surface area contributed by atoms with Gasteiger partial charge in [-0.15, -0.1) is 0 Å². The summed E-state index contributed by atoms with van der Waals surface area (Å²) in [5.41, 5.74) is 0. The molecule has 0 aromatic rings. The summed E-state index contributed by atoms with van der Waals surface area (Å²) in [6.07, 6.45) is 2.32. The van der Waals surface area contributed by atoms with Crippen LogP contribution in [-0.2, 0) is 4.79 Å². The Morgan fingerprint density at radius 1 is 1.50 bits per heavy atom. The number of carbonyl (C=O) groups excluding carboxylic acids is 1. The summed E-state index contributed by atoms with van der Waals surface area (Å²) in [5.74, 6) is 0.739. The summed E-state index contributed by atoms with van der Waals surface area (Å²) >= 11 is 0. The second kappa shape index (κ2) is 6.21. The molecule has 0 aliphatic heterocycles. The monoisotopic (exact) mass is 228 g/mol. The number of nitrogens with zero attached hydrogens (tertiary/aromatic N) is 1. The van der Waals surface area contributed by atoms with Crippen LogP contribution < -0.4 is 5.32 Å². The van der Waals surface area contributed by atoms with Crippen molar-refractivity contribution in [2.45, 2.75) is 45.3 Å². The van der Waals surface area contributed by atoms with Gasteiger partial charge < -0.3 is 15.3 Å². The minimum atomic E-state index is -0.0809. The van der Waals surface area contributed by atoms with Crippen LogP contribution in [0.4, 0.5) is 0 Å². The molecule has 0 aromatic heterocycles. The van der Waals surface area contributed by atoms with Crippen LogP contribution >= 0.6 is 0 Å². The molecule has 1 aliphatic carbocycles.